The second kappa shape index (κ2) is 10.8. The molecule has 3 rings (SSSR count). The van der Waals surface area contributed by atoms with Gasteiger partial charge in [0.2, 0.25) is 11.8 Å². The molecular formula is C24H38N4O2. The van der Waals surface area contributed by atoms with Gasteiger partial charge in [0.05, 0.1) is 5.92 Å². The monoisotopic (exact) mass is 414 g/mol. The Bertz CT molecular complexity index is 686. The van der Waals surface area contributed by atoms with Crippen molar-refractivity contribution in [2.75, 3.05) is 50.7 Å². The summed E-state index contributed by atoms with van der Waals surface area (Å²) in [6.45, 7) is 12.9. The third-order valence-electron chi connectivity index (χ3n) is 6.41. The molecule has 2 aliphatic heterocycles. The van der Waals surface area contributed by atoms with E-state index in [2.05, 4.69) is 59.3 Å². The first-order chi connectivity index (χ1) is 14.5. The molecule has 0 radical (unpaired) electrons. The van der Waals surface area contributed by atoms with Gasteiger partial charge in [-0.3, -0.25) is 14.5 Å². The lowest BCUT2D eigenvalue weighted by Crippen LogP contribution is -2.53. The molecule has 1 aromatic rings. The summed E-state index contributed by atoms with van der Waals surface area (Å²) < 4.78 is 0. The standard InChI is InChI=1S/C24H38N4O2/c1-19(2)18-28-20(3)22(10-11-23(28)29)24(30)25-12-7-13-26-14-16-27(17-15-26)21-8-5-4-6-9-21/h4-6,8-9,19-20,22H,7,10-18H2,1-3H3,(H,25,30). The van der Waals surface area contributed by atoms with E-state index in [9.17, 15) is 9.59 Å². The fourth-order valence-corrected chi connectivity index (χ4v) is 4.63. The van der Waals surface area contributed by atoms with E-state index in [4.69, 9.17) is 0 Å². The molecule has 2 saturated heterocycles. The van der Waals surface area contributed by atoms with Gasteiger partial charge in [-0.05, 0) is 44.4 Å². The van der Waals surface area contributed by atoms with Gasteiger partial charge in [-0.25, -0.2) is 0 Å². The third kappa shape index (κ3) is 5.97. The first-order valence-electron chi connectivity index (χ1n) is 11.5. The average molecular weight is 415 g/mol. The molecule has 0 aromatic heterocycles. The average Bonchev–Trinajstić information content (AvgIpc) is 2.75. The maximum atomic E-state index is 12.7. The van der Waals surface area contributed by atoms with Crippen LogP contribution in [0.3, 0.4) is 0 Å². The molecule has 1 aromatic carbocycles. The summed E-state index contributed by atoms with van der Waals surface area (Å²) in [5.74, 6) is 0.629. The Kier molecular flexibility index (Phi) is 8.14. The SMILES string of the molecule is CC(C)CN1C(=O)CCC(C(=O)NCCCN2CCN(c3ccccc3)CC2)C1C. The van der Waals surface area contributed by atoms with Gasteiger partial charge in [-0.1, -0.05) is 32.0 Å². The normalized spacial score (nSPS) is 23.1. The van der Waals surface area contributed by atoms with Crippen molar-refractivity contribution in [2.24, 2.45) is 11.8 Å². The Morgan fingerprint density at radius 1 is 1.13 bits per heavy atom. The molecule has 30 heavy (non-hydrogen) atoms. The second-order valence-electron chi connectivity index (χ2n) is 9.13. The third-order valence-corrected chi connectivity index (χ3v) is 6.41. The van der Waals surface area contributed by atoms with Crippen molar-refractivity contribution in [3.8, 4) is 0 Å². The Morgan fingerprint density at radius 2 is 1.83 bits per heavy atom. The van der Waals surface area contributed by atoms with Gasteiger partial charge in [0.1, 0.15) is 0 Å². The first kappa shape index (κ1) is 22.6. The smallest absolute Gasteiger partial charge is 0.225 e. The lowest BCUT2D eigenvalue weighted by atomic mass is 9.88. The van der Waals surface area contributed by atoms with Crippen LogP contribution in [0.25, 0.3) is 0 Å². The van der Waals surface area contributed by atoms with Crippen molar-refractivity contribution in [3.63, 3.8) is 0 Å². The van der Waals surface area contributed by atoms with E-state index in [-0.39, 0.29) is 23.8 Å². The lowest BCUT2D eigenvalue weighted by Gasteiger charge is -2.39. The van der Waals surface area contributed by atoms with Crippen LogP contribution in [0.1, 0.15) is 40.0 Å². The van der Waals surface area contributed by atoms with Crippen molar-refractivity contribution in [2.45, 2.75) is 46.1 Å². The number of carbonyl (C=O) groups is 2. The number of benzene rings is 1. The summed E-state index contributed by atoms with van der Waals surface area (Å²) in [6.07, 6.45) is 2.12. The highest BCUT2D eigenvalue weighted by Gasteiger charge is 2.36. The minimum absolute atomic E-state index is 0.0142. The number of nitrogens with zero attached hydrogens (tertiary/aromatic N) is 3. The van der Waals surface area contributed by atoms with Gasteiger partial charge < -0.3 is 15.1 Å². The zero-order valence-electron chi connectivity index (χ0n) is 18.8. The number of hydrogen-bond acceptors (Lipinski definition) is 4. The minimum Gasteiger partial charge on any atom is -0.369 e. The first-order valence-corrected chi connectivity index (χ1v) is 11.5. The van der Waals surface area contributed by atoms with Crippen LogP contribution in [0.5, 0.6) is 0 Å². The zero-order chi connectivity index (χ0) is 21.5. The van der Waals surface area contributed by atoms with E-state index >= 15 is 0 Å². The van der Waals surface area contributed by atoms with E-state index in [1.807, 2.05) is 11.8 Å². The molecule has 2 unspecified atom stereocenters. The maximum Gasteiger partial charge on any atom is 0.225 e. The van der Waals surface area contributed by atoms with Gasteiger partial charge in [0.25, 0.3) is 0 Å². The van der Waals surface area contributed by atoms with E-state index in [0.29, 0.717) is 25.3 Å². The van der Waals surface area contributed by atoms with Crippen LogP contribution in [0, 0.1) is 11.8 Å². The molecule has 2 heterocycles. The topological polar surface area (TPSA) is 55.9 Å². The van der Waals surface area contributed by atoms with Gasteiger partial charge in [-0.2, -0.15) is 0 Å². The number of anilines is 1. The Morgan fingerprint density at radius 3 is 2.50 bits per heavy atom. The number of amides is 2. The minimum atomic E-state index is -0.0872. The molecule has 1 N–H and O–H groups in total. The molecular weight excluding hydrogens is 376 g/mol. The van der Waals surface area contributed by atoms with Crippen molar-refractivity contribution >= 4 is 17.5 Å². The number of hydrogen-bond donors (Lipinski definition) is 1. The van der Waals surface area contributed by atoms with Crippen molar-refractivity contribution in [3.05, 3.63) is 30.3 Å². The number of carbonyl (C=O) groups excluding carboxylic acids is 2. The van der Waals surface area contributed by atoms with Gasteiger partial charge in [-0.15, -0.1) is 0 Å². The maximum absolute atomic E-state index is 12.7. The second-order valence-corrected chi connectivity index (χ2v) is 9.13. The molecule has 166 valence electrons. The molecule has 0 aliphatic carbocycles. The predicted molar refractivity (Wildman–Crippen MR) is 121 cm³/mol. The van der Waals surface area contributed by atoms with Crippen LogP contribution in [0.15, 0.2) is 30.3 Å². The molecule has 0 saturated carbocycles. The molecule has 2 fully saturated rings. The Hall–Kier alpha value is -2.08. The highest BCUT2D eigenvalue weighted by Crippen LogP contribution is 2.25. The highest BCUT2D eigenvalue weighted by molar-refractivity contribution is 5.84. The number of piperazine rings is 1. The van der Waals surface area contributed by atoms with Gasteiger partial charge >= 0.3 is 0 Å². The summed E-state index contributed by atoms with van der Waals surface area (Å²) >= 11 is 0. The molecule has 2 aliphatic rings. The zero-order valence-corrected chi connectivity index (χ0v) is 18.8. The Balaban J connectivity index is 1.35. The highest BCUT2D eigenvalue weighted by atomic mass is 16.2. The summed E-state index contributed by atoms with van der Waals surface area (Å²) in [4.78, 5) is 31.8. The quantitative estimate of drug-likeness (QED) is 0.665. The molecule has 2 amide bonds. The van der Waals surface area contributed by atoms with Crippen LogP contribution >= 0.6 is 0 Å². The van der Waals surface area contributed by atoms with E-state index in [1.54, 1.807) is 0 Å². The van der Waals surface area contributed by atoms with Crippen molar-refractivity contribution in [1.29, 1.82) is 0 Å². The number of rotatable bonds is 8. The molecule has 0 bridgehead atoms. The van der Waals surface area contributed by atoms with Gasteiger partial charge in [0, 0.05) is 57.4 Å². The van der Waals surface area contributed by atoms with Crippen LogP contribution in [-0.4, -0.2) is 73.5 Å². The fourth-order valence-electron chi connectivity index (χ4n) is 4.63. The Labute approximate surface area is 181 Å². The van der Waals surface area contributed by atoms with E-state index in [1.165, 1.54) is 5.69 Å². The van der Waals surface area contributed by atoms with E-state index in [0.717, 1.165) is 45.7 Å². The van der Waals surface area contributed by atoms with Crippen molar-refractivity contribution in [1.82, 2.24) is 15.1 Å². The summed E-state index contributed by atoms with van der Waals surface area (Å²) in [6, 6.07) is 10.6. The fraction of sp³-hybridized carbons (Fsp3) is 0.667. The van der Waals surface area contributed by atoms with Crippen molar-refractivity contribution < 1.29 is 9.59 Å². The van der Waals surface area contributed by atoms with Gasteiger partial charge in [0.15, 0.2) is 0 Å². The number of piperidine rings is 1. The lowest BCUT2D eigenvalue weighted by molar-refractivity contribution is -0.143. The van der Waals surface area contributed by atoms with Crippen LogP contribution < -0.4 is 10.2 Å². The molecule has 6 nitrogen and oxygen atoms in total. The van der Waals surface area contributed by atoms with Crippen LogP contribution in [0.2, 0.25) is 0 Å². The summed E-state index contributed by atoms with van der Waals surface area (Å²) in [5, 5.41) is 3.13. The summed E-state index contributed by atoms with van der Waals surface area (Å²) in [5.41, 5.74) is 1.30. The number of likely N-dealkylation sites (tertiary alicyclic amines) is 1. The number of para-hydroxylation sites is 1. The number of nitrogens with one attached hydrogen (secondary N) is 1. The predicted octanol–water partition coefficient (Wildman–Crippen LogP) is 2.60. The molecule has 6 heteroatoms. The molecule has 0 spiro atoms. The van der Waals surface area contributed by atoms with Crippen LogP contribution in [0.4, 0.5) is 5.69 Å². The van der Waals surface area contributed by atoms with E-state index < -0.39 is 0 Å². The largest absolute Gasteiger partial charge is 0.369 e. The summed E-state index contributed by atoms with van der Waals surface area (Å²) in [7, 11) is 0. The van der Waals surface area contributed by atoms with Crippen LogP contribution in [-0.2, 0) is 9.59 Å². The molecule has 2 atom stereocenters.